The number of likely N-dealkylation sites (N-methyl/N-ethyl adjacent to an activating group) is 1. The van der Waals surface area contributed by atoms with E-state index in [1.807, 2.05) is 12.1 Å². The van der Waals surface area contributed by atoms with Gasteiger partial charge < -0.3 is 15.1 Å². The molecule has 0 bridgehead atoms. The van der Waals surface area contributed by atoms with Crippen molar-refractivity contribution >= 4 is 28.6 Å². The van der Waals surface area contributed by atoms with Crippen molar-refractivity contribution in [2.45, 2.75) is 26.3 Å². The second-order valence-corrected chi connectivity index (χ2v) is 7.36. The van der Waals surface area contributed by atoms with Gasteiger partial charge in [0.15, 0.2) is 6.54 Å². The average molecular weight is 345 g/mol. The predicted molar refractivity (Wildman–Crippen MR) is 101 cm³/mol. The Morgan fingerprint density at radius 2 is 1.96 bits per heavy atom. The maximum Gasteiger partial charge on any atom is 0.279 e. The van der Waals surface area contributed by atoms with Crippen molar-refractivity contribution < 1.29 is 9.69 Å². The third kappa shape index (κ3) is 4.58. The molecule has 0 aliphatic carbocycles. The van der Waals surface area contributed by atoms with Gasteiger partial charge in [-0.3, -0.25) is 4.79 Å². The number of hydrogen-bond acceptors (Lipinski definition) is 3. The monoisotopic (exact) mass is 344 g/mol. The van der Waals surface area contributed by atoms with Crippen molar-refractivity contribution in [3.63, 3.8) is 0 Å². The van der Waals surface area contributed by atoms with Gasteiger partial charge in [0.25, 0.3) is 5.91 Å². The van der Waals surface area contributed by atoms with Crippen LogP contribution in [0, 0.1) is 0 Å². The molecule has 1 unspecified atom stereocenters. The lowest BCUT2D eigenvalue weighted by Crippen LogP contribution is -3.11. The average Bonchev–Trinajstić information content (AvgIpc) is 3.28. The first-order valence-corrected chi connectivity index (χ1v) is 9.63. The fourth-order valence-electron chi connectivity index (χ4n) is 3.14. The standard InChI is InChI=1S/C19H25N3OS/c1-2-21(14-18-6-5-13-24-18)15-19(23)20-16-7-9-17(10-8-16)22-11-3-4-12-22/h5-10,13H,2-4,11-12,14-15H2,1H3,(H,20,23)/p+1. The molecule has 0 spiro atoms. The Balaban J connectivity index is 1.51. The summed E-state index contributed by atoms with van der Waals surface area (Å²) >= 11 is 1.75. The van der Waals surface area contributed by atoms with Crippen LogP contribution in [0.25, 0.3) is 0 Å². The van der Waals surface area contributed by atoms with E-state index >= 15 is 0 Å². The van der Waals surface area contributed by atoms with Gasteiger partial charge >= 0.3 is 0 Å². The molecule has 2 aromatic rings. The number of thiophene rings is 1. The quantitative estimate of drug-likeness (QED) is 0.809. The summed E-state index contributed by atoms with van der Waals surface area (Å²) < 4.78 is 0. The van der Waals surface area contributed by atoms with Crippen LogP contribution in [0.5, 0.6) is 0 Å². The zero-order valence-electron chi connectivity index (χ0n) is 14.3. The highest BCUT2D eigenvalue weighted by atomic mass is 32.1. The van der Waals surface area contributed by atoms with E-state index in [1.54, 1.807) is 11.3 Å². The Hall–Kier alpha value is -1.85. The van der Waals surface area contributed by atoms with Gasteiger partial charge in [0.2, 0.25) is 0 Å². The van der Waals surface area contributed by atoms with E-state index in [1.165, 1.54) is 28.3 Å². The van der Waals surface area contributed by atoms with Gasteiger partial charge in [-0.25, -0.2) is 0 Å². The van der Waals surface area contributed by atoms with Crippen molar-refractivity contribution in [3.05, 3.63) is 46.7 Å². The van der Waals surface area contributed by atoms with Crippen molar-refractivity contribution in [2.75, 3.05) is 36.4 Å². The molecule has 1 fully saturated rings. The molecular weight excluding hydrogens is 318 g/mol. The second-order valence-electron chi connectivity index (χ2n) is 6.33. The van der Waals surface area contributed by atoms with Crippen molar-refractivity contribution in [3.8, 4) is 0 Å². The molecule has 2 N–H and O–H groups in total. The highest BCUT2D eigenvalue weighted by Crippen LogP contribution is 2.21. The molecule has 24 heavy (non-hydrogen) atoms. The van der Waals surface area contributed by atoms with Gasteiger partial charge in [0.1, 0.15) is 6.54 Å². The summed E-state index contributed by atoms with van der Waals surface area (Å²) in [6.45, 7) is 6.77. The number of hydrogen-bond donors (Lipinski definition) is 2. The molecule has 0 saturated carbocycles. The van der Waals surface area contributed by atoms with Crippen molar-refractivity contribution in [1.82, 2.24) is 0 Å². The summed E-state index contributed by atoms with van der Waals surface area (Å²) in [5.74, 6) is 0.0809. The third-order valence-electron chi connectivity index (χ3n) is 4.54. The lowest BCUT2D eigenvalue weighted by Gasteiger charge is -2.18. The number of carbonyl (C=O) groups is 1. The highest BCUT2D eigenvalue weighted by Gasteiger charge is 2.15. The summed E-state index contributed by atoms with van der Waals surface area (Å²) in [6, 6.07) is 12.4. The zero-order chi connectivity index (χ0) is 16.8. The Bertz CT molecular complexity index is 633. The van der Waals surface area contributed by atoms with Gasteiger partial charge in [0, 0.05) is 24.5 Å². The SMILES string of the molecule is CC[NH+](CC(=O)Nc1ccc(N2CCCC2)cc1)Cc1cccs1. The second kappa shape index (κ2) is 8.31. The summed E-state index contributed by atoms with van der Waals surface area (Å²) in [6.07, 6.45) is 2.55. The van der Waals surface area contributed by atoms with Gasteiger partial charge in [-0.1, -0.05) is 6.07 Å². The van der Waals surface area contributed by atoms with Crippen molar-refractivity contribution in [2.24, 2.45) is 0 Å². The Morgan fingerprint density at radius 3 is 2.58 bits per heavy atom. The van der Waals surface area contributed by atoms with E-state index in [-0.39, 0.29) is 5.91 Å². The number of rotatable bonds is 7. The number of quaternary nitrogens is 1. The molecule has 1 aliphatic rings. The molecule has 128 valence electrons. The van der Waals surface area contributed by atoms with Crippen LogP contribution >= 0.6 is 11.3 Å². The minimum absolute atomic E-state index is 0.0809. The summed E-state index contributed by atoms with van der Waals surface area (Å²) in [5, 5.41) is 5.12. The highest BCUT2D eigenvalue weighted by molar-refractivity contribution is 7.09. The smallest absolute Gasteiger partial charge is 0.279 e. The predicted octanol–water partition coefficient (Wildman–Crippen LogP) is 2.39. The lowest BCUT2D eigenvalue weighted by atomic mass is 10.2. The molecule has 1 aromatic carbocycles. The molecule has 0 radical (unpaired) electrons. The minimum atomic E-state index is 0.0809. The van der Waals surface area contributed by atoms with Crippen LogP contribution in [0.1, 0.15) is 24.6 Å². The maximum atomic E-state index is 12.3. The molecule has 1 saturated heterocycles. The van der Waals surface area contributed by atoms with E-state index in [0.29, 0.717) is 6.54 Å². The number of nitrogens with one attached hydrogen (secondary N) is 2. The number of benzene rings is 1. The van der Waals surface area contributed by atoms with Crippen LogP contribution in [0.4, 0.5) is 11.4 Å². The van der Waals surface area contributed by atoms with E-state index in [9.17, 15) is 4.79 Å². The van der Waals surface area contributed by atoms with Crippen molar-refractivity contribution in [1.29, 1.82) is 0 Å². The summed E-state index contributed by atoms with van der Waals surface area (Å²) in [5.41, 5.74) is 2.14. The van der Waals surface area contributed by atoms with Gasteiger partial charge in [-0.2, -0.15) is 0 Å². The normalized spacial score (nSPS) is 15.5. The molecule has 5 heteroatoms. The summed E-state index contributed by atoms with van der Waals surface area (Å²) in [7, 11) is 0. The number of amides is 1. The van der Waals surface area contributed by atoms with Crippen LogP contribution in [-0.2, 0) is 11.3 Å². The van der Waals surface area contributed by atoms with E-state index in [4.69, 9.17) is 0 Å². The third-order valence-corrected chi connectivity index (χ3v) is 5.41. The van der Waals surface area contributed by atoms with E-state index in [0.717, 1.165) is 31.9 Å². The van der Waals surface area contributed by atoms with Crippen LogP contribution < -0.4 is 15.1 Å². The number of anilines is 2. The first-order valence-electron chi connectivity index (χ1n) is 8.75. The Labute approximate surface area is 148 Å². The zero-order valence-corrected chi connectivity index (χ0v) is 15.1. The Kier molecular flexibility index (Phi) is 5.88. The fraction of sp³-hybridized carbons (Fsp3) is 0.421. The Morgan fingerprint density at radius 1 is 1.21 bits per heavy atom. The number of carbonyl (C=O) groups excluding carboxylic acids is 1. The number of nitrogens with zero attached hydrogens (tertiary/aromatic N) is 1. The van der Waals surface area contributed by atoms with Gasteiger partial charge in [0.05, 0.1) is 11.4 Å². The molecule has 1 amide bonds. The first kappa shape index (κ1) is 17.0. The van der Waals surface area contributed by atoms with Crippen LogP contribution in [0.2, 0.25) is 0 Å². The first-order chi connectivity index (χ1) is 11.7. The lowest BCUT2D eigenvalue weighted by molar-refractivity contribution is -0.903. The molecule has 1 aromatic heterocycles. The van der Waals surface area contributed by atoms with Gasteiger partial charge in [-0.05, 0) is 55.5 Å². The minimum Gasteiger partial charge on any atom is -0.372 e. The van der Waals surface area contributed by atoms with Crippen LogP contribution in [0.3, 0.4) is 0 Å². The fourth-order valence-corrected chi connectivity index (χ4v) is 3.91. The van der Waals surface area contributed by atoms with Crippen LogP contribution in [-0.4, -0.2) is 32.1 Å². The van der Waals surface area contributed by atoms with Crippen LogP contribution in [0.15, 0.2) is 41.8 Å². The topological polar surface area (TPSA) is 36.8 Å². The molecule has 2 heterocycles. The molecule has 4 nitrogen and oxygen atoms in total. The molecule has 3 rings (SSSR count). The van der Waals surface area contributed by atoms with Gasteiger partial charge in [-0.15, -0.1) is 11.3 Å². The molecule has 1 atom stereocenters. The summed E-state index contributed by atoms with van der Waals surface area (Å²) in [4.78, 5) is 17.3. The van der Waals surface area contributed by atoms with E-state index in [2.05, 4.69) is 46.8 Å². The largest absolute Gasteiger partial charge is 0.372 e. The molecular formula is C19H26N3OS+. The van der Waals surface area contributed by atoms with E-state index < -0.39 is 0 Å². The maximum absolute atomic E-state index is 12.3. The molecule has 1 aliphatic heterocycles.